The Hall–Kier alpha value is -2.63. The summed E-state index contributed by atoms with van der Waals surface area (Å²) >= 11 is 6.20. The van der Waals surface area contributed by atoms with Crippen LogP contribution >= 0.6 is 11.6 Å². The molecule has 2 aromatic carbocycles. The van der Waals surface area contributed by atoms with Crippen LogP contribution in [0.1, 0.15) is 15.9 Å². The number of pyridine rings is 1. The van der Waals surface area contributed by atoms with Gasteiger partial charge in [-0.2, -0.15) is 0 Å². The van der Waals surface area contributed by atoms with Gasteiger partial charge in [-0.3, -0.25) is 9.69 Å². The molecule has 1 fully saturated rings. The number of fused-ring (bicyclic) bond motifs is 1. The van der Waals surface area contributed by atoms with Crippen LogP contribution in [-0.2, 0) is 11.3 Å². The zero-order valence-electron chi connectivity index (χ0n) is 14.9. The largest absolute Gasteiger partial charge is 0.373 e. The molecule has 0 saturated carbocycles. The average Bonchev–Trinajstić information content (AvgIpc) is 2.73. The van der Waals surface area contributed by atoms with E-state index in [-0.39, 0.29) is 5.91 Å². The van der Waals surface area contributed by atoms with Crippen molar-refractivity contribution in [3.8, 4) is 0 Å². The lowest BCUT2D eigenvalue weighted by Crippen LogP contribution is -2.39. The summed E-state index contributed by atoms with van der Waals surface area (Å²) in [4.78, 5) is 18.6. The summed E-state index contributed by atoms with van der Waals surface area (Å²) < 4.78 is 5.44. The third-order valence-corrected chi connectivity index (χ3v) is 5.12. The van der Waals surface area contributed by atoms with E-state index >= 15 is 0 Å². The van der Waals surface area contributed by atoms with Gasteiger partial charge in [-0.05, 0) is 23.8 Å². The molecule has 1 saturated heterocycles. The number of hydrogen-bond donors (Lipinski definition) is 1. The number of amides is 1. The van der Waals surface area contributed by atoms with Crippen LogP contribution in [0.3, 0.4) is 0 Å². The fourth-order valence-corrected chi connectivity index (χ4v) is 3.49. The van der Waals surface area contributed by atoms with E-state index in [2.05, 4.69) is 15.2 Å². The fraction of sp³-hybridized carbons (Fsp3) is 0.238. The fourth-order valence-electron chi connectivity index (χ4n) is 3.29. The zero-order valence-corrected chi connectivity index (χ0v) is 15.6. The first-order valence-corrected chi connectivity index (χ1v) is 9.39. The Morgan fingerprint density at radius 1 is 1.11 bits per heavy atom. The third-order valence-electron chi connectivity index (χ3n) is 4.75. The first kappa shape index (κ1) is 17.8. The number of morpholine rings is 1. The number of halogens is 1. The lowest BCUT2D eigenvalue weighted by atomic mass is 10.1. The molecule has 2 N–H and O–H groups in total. The molecule has 0 bridgehead atoms. The maximum absolute atomic E-state index is 13.0. The highest BCUT2D eigenvalue weighted by Crippen LogP contribution is 2.21. The highest BCUT2D eigenvalue weighted by Gasteiger charge is 2.23. The van der Waals surface area contributed by atoms with Gasteiger partial charge in [-0.15, -0.1) is 0 Å². The molecule has 4 rings (SSSR count). The first-order chi connectivity index (χ1) is 13.2. The van der Waals surface area contributed by atoms with E-state index in [4.69, 9.17) is 16.3 Å². The van der Waals surface area contributed by atoms with Crippen LogP contribution in [0.4, 0.5) is 5.82 Å². The van der Waals surface area contributed by atoms with Gasteiger partial charge in [0.15, 0.2) is 0 Å². The molecule has 3 aromatic rings. The lowest BCUT2D eigenvalue weighted by Gasteiger charge is -2.22. The second-order valence-electron chi connectivity index (χ2n) is 6.49. The normalized spacial score (nSPS) is 14.3. The maximum atomic E-state index is 13.0. The SMILES string of the molecule is O=C(NCc1ccccc1Cl)c1cc(N2CCOCC2)[nH+]c2ccccc12. The van der Waals surface area contributed by atoms with Crippen molar-refractivity contribution in [1.82, 2.24) is 5.32 Å². The first-order valence-electron chi connectivity index (χ1n) is 9.02. The van der Waals surface area contributed by atoms with Gasteiger partial charge < -0.3 is 10.1 Å². The average molecular weight is 383 g/mol. The highest BCUT2D eigenvalue weighted by molar-refractivity contribution is 6.31. The van der Waals surface area contributed by atoms with Crippen molar-refractivity contribution in [1.29, 1.82) is 0 Å². The number of aromatic amines is 1. The number of para-hydroxylation sites is 1. The van der Waals surface area contributed by atoms with Gasteiger partial charge in [0.05, 0.1) is 18.8 Å². The summed E-state index contributed by atoms with van der Waals surface area (Å²) in [6, 6.07) is 17.3. The van der Waals surface area contributed by atoms with Crippen LogP contribution < -0.4 is 15.2 Å². The number of carbonyl (C=O) groups is 1. The second-order valence-corrected chi connectivity index (χ2v) is 6.89. The van der Waals surface area contributed by atoms with Crippen molar-refractivity contribution in [2.45, 2.75) is 6.54 Å². The number of nitrogens with zero attached hydrogens (tertiary/aromatic N) is 1. The summed E-state index contributed by atoms with van der Waals surface area (Å²) in [6.07, 6.45) is 0. The van der Waals surface area contributed by atoms with Crippen LogP contribution in [-0.4, -0.2) is 32.2 Å². The van der Waals surface area contributed by atoms with Crippen molar-refractivity contribution >= 4 is 34.2 Å². The van der Waals surface area contributed by atoms with E-state index in [1.807, 2.05) is 54.6 Å². The molecule has 138 valence electrons. The minimum Gasteiger partial charge on any atom is -0.373 e. The number of ether oxygens (including phenoxy) is 1. The monoisotopic (exact) mass is 382 g/mol. The smallest absolute Gasteiger partial charge is 0.275 e. The predicted molar refractivity (Wildman–Crippen MR) is 106 cm³/mol. The van der Waals surface area contributed by atoms with Gasteiger partial charge in [0, 0.05) is 23.0 Å². The summed E-state index contributed by atoms with van der Waals surface area (Å²) in [6.45, 7) is 3.37. The molecule has 1 aliphatic heterocycles. The summed E-state index contributed by atoms with van der Waals surface area (Å²) in [5.74, 6) is 0.814. The molecule has 0 radical (unpaired) electrons. The van der Waals surface area contributed by atoms with E-state index in [9.17, 15) is 4.79 Å². The Balaban J connectivity index is 1.64. The molecule has 1 amide bonds. The van der Waals surface area contributed by atoms with E-state index in [1.54, 1.807) is 0 Å². The van der Waals surface area contributed by atoms with Gasteiger partial charge >= 0.3 is 0 Å². The van der Waals surface area contributed by atoms with Crippen LogP contribution in [0.15, 0.2) is 54.6 Å². The molecule has 27 heavy (non-hydrogen) atoms. The van der Waals surface area contributed by atoms with Crippen molar-refractivity contribution in [2.75, 3.05) is 31.2 Å². The van der Waals surface area contributed by atoms with Crippen LogP contribution in [0.5, 0.6) is 0 Å². The summed E-state index contributed by atoms with van der Waals surface area (Å²) in [7, 11) is 0. The van der Waals surface area contributed by atoms with Crippen molar-refractivity contribution in [2.24, 2.45) is 0 Å². The number of aromatic nitrogens is 1. The van der Waals surface area contributed by atoms with Crippen molar-refractivity contribution < 1.29 is 14.5 Å². The number of rotatable bonds is 4. The Morgan fingerprint density at radius 2 is 1.85 bits per heavy atom. The topological polar surface area (TPSA) is 55.7 Å². The Morgan fingerprint density at radius 3 is 2.67 bits per heavy atom. The second kappa shape index (κ2) is 7.94. The van der Waals surface area contributed by atoms with E-state index in [1.165, 1.54) is 0 Å². The molecule has 0 spiro atoms. The summed E-state index contributed by atoms with van der Waals surface area (Å²) in [5.41, 5.74) is 2.48. The molecular formula is C21H21ClN3O2+. The van der Waals surface area contributed by atoms with Crippen molar-refractivity contribution in [3.63, 3.8) is 0 Å². The molecule has 0 aliphatic carbocycles. The van der Waals surface area contributed by atoms with Gasteiger partial charge in [0.2, 0.25) is 0 Å². The third kappa shape index (κ3) is 3.89. The molecule has 1 aromatic heterocycles. The number of carbonyl (C=O) groups excluding carboxylic acids is 1. The minimum absolute atomic E-state index is 0.116. The van der Waals surface area contributed by atoms with Gasteiger partial charge in [-0.25, -0.2) is 4.98 Å². The molecule has 0 unspecified atom stereocenters. The van der Waals surface area contributed by atoms with Crippen LogP contribution in [0.2, 0.25) is 5.02 Å². The number of anilines is 1. The van der Waals surface area contributed by atoms with Gasteiger partial charge in [-0.1, -0.05) is 41.9 Å². The number of benzene rings is 2. The van der Waals surface area contributed by atoms with Gasteiger partial charge in [0.25, 0.3) is 11.7 Å². The maximum Gasteiger partial charge on any atom is 0.275 e. The van der Waals surface area contributed by atoms with Crippen LogP contribution in [0, 0.1) is 0 Å². The van der Waals surface area contributed by atoms with Crippen molar-refractivity contribution in [3.05, 3.63) is 70.7 Å². The Kier molecular flexibility index (Phi) is 5.23. The molecule has 1 aliphatic rings. The van der Waals surface area contributed by atoms with E-state index < -0.39 is 0 Å². The molecule has 2 heterocycles. The molecule has 6 heteroatoms. The molecule has 5 nitrogen and oxygen atoms in total. The zero-order chi connectivity index (χ0) is 18.6. The predicted octanol–water partition coefficient (Wildman–Crippen LogP) is 3.07. The van der Waals surface area contributed by atoms with E-state index in [0.29, 0.717) is 30.3 Å². The Labute approximate surface area is 162 Å². The Bertz CT molecular complexity index is 971. The number of H-pyrrole nitrogens is 1. The quantitative estimate of drug-likeness (QED) is 0.754. The number of nitrogens with one attached hydrogen (secondary N) is 2. The standard InChI is InChI=1S/C21H20ClN3O2/c22-18-7-3-1-5-15(18)14-23-21(26)17-13-20(25-9-11-27-12-10-25)24-19-8-4-2-6-16(17)19/h1-8,13H,9-12,14H2,(H,23,26)/p+1. The number of hydrogen-bond acceptors (Lipinski definition) is 3. The highest BCUT2D eigenvalue weighted by atomic mass is 35.5. The molecular weight excluding hydrogens is 362 g/mol. The summed E-state index contributed by atoms with van der Waals surface area (Å²) in [5, 5.41) is 4.54. The minimum atomic E-state index is -0.116. The lowest BCUT2D eigenvalue weighted by molar-refractivity contribution is -0.331. The van der Waals surface area contributed by atoms with Crippen LogP contribution in [0.25, 0.3) is 10.9 Å². The van der Waals surface area contributed by atoms with E-state index in [0.717, 1.165) is 35.4 Å². The molecule has 0 atom stereocenters. The van der Waals surface area contributed by atoms with Gasteiger partial charge in [0.1, 0.15) is 18.6 Å².